The molecule has 0 rings (SSSR count). The van der Waals surface area contributed by atoms with E-state index in [0.29, 0.717) is 0 Å². The Kier molecular flexibility index (Phi) is 25.7. The fourth-order valence-corrected chi connectivity index (χ4v) is 0. The molecule has 0 radical (unpaired) electrons. The standard InChI is InChI=1S/Al.Ba.O3Si/c;;1-4(2)3/q+3;+2;-2. The second-order valence-electron chi connectivity index (χ2n) is 0.250. The Morgan fingerprint density at radius 1 is 1.33 bits per heavy atom. The Labute approximate surface area is 87.9 Å². The molecule has 3 nitrogen and oxygen atoms in total. The number of rotatable bonds is 0. The normalized spacial score (nSPS) is 4.00. The van der Waals surface area contributed by atoms with Gasteiger partial charge in [-0.15, -0.1) is 0 Å². The van der Waals surface area contributed by atoms with Crippen LogP contribution in [0.15, 0.2) is 0 Å². The molecule has 0 aliphatic heterocycles. The molecule has 0 aliphatic rings. The van der Waals surface area contributed by atoms with Crippen molar-refractivity contribution in [2.75, 3.05) is 0 Å². The van der Waals surface area contributed by atoms with Gasteiger partial charge in [0.05, 0.1) is 0 Å². The van der Waals surface area contributed by atoms with E-state index in [2.05, 4.69) is 0 Å². The molecule has 0 atom stereocenters. The van der Waals surface area contributed by atoms with E-state index in [1.807, 2.05) is 0 Å². The Balaban J connectivity index is -0.0000000450. The summed E-state index contributed by atoms with van der Waals surface area (Å²) in [5.74, 6) is 0. The molecule has 0 bridgehead atoms. The van der Waals surface area contributed by atoms with Gasteiger partial charge in [-0.1, -0.05) is 0 Å². The van der Waals surface area contributed by atoms with Gasteiger partial charge in [-0.05, 0) is 0 Å². The van der Waals surface area contributed by atoms with Gasteiger partial charge >= 0.3 is 66.2 Å². The summed E-state index contributed by atoms with van der Waals surface area (Å²) in [5, 5.41) is 0. The fraction of sp³-hybridized carbons (Fsp3) is 0. The van der Waals surface area contributed by atoms with E-state index >= 15 is 0 Å². The van der Waals surface area contributed by atoms with E-state index in [-0.39, 0.29) is 66.2 Å². The molecule has 0 spiro atoms. The van der Waals surface area contributed by atoms with Gasteiger partial charge in [-0.2, -0.15) is 0 Å². The van der Waals surface area contributed by atoms with Crippen LogP contribution < -0.4 is 9.59 Å². The van der Waals surface area contributed by atoms with Crippen LogP contribution in [-0.2, 0) is 4.46 Å². The van der Waals surface area contributed by atoms with Crippen molar-refractivity contribution in [1.29, 1.82) is 0 Å². The van der Waals surface area contributed by atoms with Gasteiger partial charge in [0.15, 0.2) is 0 Å². The molecule has 6 heteroatoms. The third-order valence-electron chi connectivity index (χ3n) is 0. The first-order valence-electron chi connectivity index (χ1n) is 0.612. The molecule has 0 saturated heterocycles. The summed E-state index contributed by atoms with van der Waals surface area (Å²) in [4.78, 5) is 17.0. The van der Waals surface area contributed by atoms with Crippen LogP contribution in [0.4, 0.5) is 0 Å². The average Bonchev–Trinajstić information content (AvgIpc) is 0.811. The van der Waals surface area contributed by atoms with Crippen LogP contribution in [0.1, 0.15) is 0 Å². The van der Waals surface area contributed by atoms with Gasteiger partial charge in [-0.25, -0.2) is 0 Å². The van der Waals surface area contributed by atoms with Crippen LogP contribution in [-0.4, -0.2) is 75.4 Å². The van der Waals surface area contributed by atoms with Crippen molar-refractivity contribution in [2.24, 2.45) is 0 Å². The van der Waals surface area contributed by atoms with Crippen molar-refractivity contribution < 1.29 is 14.1 Å². The van der Waals surface area contributed by atoms with E-state index in [1.54, 1.807) is 0 Å². The molecular weight excluding hydrogens is 240 g/mol. The van der Waals surface area contributed by atoms with Gasteiger partial charge in [0.2, 0.25) is 0 Å². The Morgan fingerprint density at radius 3 is 1.33 bits per heavy atom. The van der Waals surface area contributed by atoms with Crippen LogP contribution in [0.3, 0.4) is 0 Å². The van der Waals surface area contributed by atoms with Crippen LogP contribution in [0.25, 0.3) is 0 Å². The first-order valence-corrected chi connectivity index (χ1v) is 1.84. The van der Waals surface area contributed by atoms with Crippen LogP contribution in [0.5, 0.6) is 0 Å². The first kappa shape index (κ1) is 15.6. The van der Waals surface area contributed by atoms with E-state index < -0.39 is 9.17 Å². The zero-order valence-corrected chi connectivity index (χ0v) is 9.60. The first-order chi connectivity index (χ1) is 1.73. The third-order valence-corrected chi connectivity index (χ3v) is 0. The van der Waals surface area contributed by atoms with Crippen LogP contribution in [0.2, 0.25) is 0 Å². The molecule has 0 heterocycles. The third kappa shape index (κ3) is 43.1. The monoisotopic (exact) mass is 241 g/mol. The molecule has 0 amide bonds. The molecule has 0 aliphatic carbocycles. The Morgan fingerprint density at radius 2 is 1.33 bits per heavy atom. The minimum atomic E-state index is -3.63. The number of hydrogen-bond donors (Lipinski definition) is 0. The van der Waals surface area contributed by atoms with E-state index in [4.69, 9.17) is 14.1 Å². The SMILES string of the molecule is O=[Si]([O-])[O-].[Al+3].[Ba+2]. The van der Waals surface area contributed by atoms with E-state index in [1.165, 1.54) is 0 Å². The molecule has 0 unspecified atom stereocenters. The predicted octanol–water partition coefficient (Wildman–Crippen LogP) is -3.64. The maximum absolute atomic E-state index is 8.52. The van der Waals surface area contributed by atoms with Gasteiger partial charge in [0.25, 0.3) is 0 Å². The summed E-state index contributed by atoms with van der Waals surface area (Å²) >= 11 is 0. The van der Waals surface area contributed by atoms with Crippen molar-refractivity contribution in [3.8, 4) is 0 Å². The van der Waals surface area contributed by atoms with Crippen LogP contribution in [0, 0.1) is 0 Å². The molecule has 24 valence electrons. The molecule has 6 heavy (non-hydrogen) atoms. The van der Waals surface area contributed by atoms with Crippen molar-refractivity contribution in [2.45, 2.75) is 0 Å². The molecule has 0 fully saturated rings. The smallest absolute Gasteiger partial charge is 0.672 e. The van der Waals surface area contributed by atoms with Gasteiger partial charge in [0, 0.05) is 9.17 Å². The van der Waals surface area contributed by atoms with E-state index in [9.17, 15) is 0 Å². The second-order valence-corrected chi connectivity index (χ2v) is 0.750. The maximum Gasteiger partial charge on any atom is 3.00 e. The Bertz CT molecular complexity index is 33.8. The van der Waals surface area contributed by atoms with Crippen molar-refractivity contribution >= 4 is 75.4 Å². The van der Waals surface area contributed by atoms with Crippen molar-refractivity contribution in [3.63, 3.8) is 0 Å². The minimum absolute atomic E-state index is 0. The second kappa shape index (κ2) is 9.87. The van der Waals surface area contributed by atoms with Crippen LogP contribution >= 0.6 is 0 Å². The summed E-state index contributed by atoms with van der Waals surface area (Å²) in [6.45, 7) is 0. The van der Waals surface area contributed by atoms with Gasteiger partial charge in [0.1, 0.15) is 0 Å². The summed E-state index contributed by atoms with van der Waals surface area (Å²) < 4.78 is 8.52. The molecular formula is AlBaO3Si+3. The molecule has 0 N–H and O–H groups in total. The topological polar surface area (TPSA) is 63.2 Å². The molecule has 0 saturated carbocycles. The fourth-order valence-electron chi connectivity index (χ4n) is 0. The summed E-state index contributed by atoms with van der Waals surface area (Å²) in [6.07, 6.45) is 0. The van der Waals surface area contributed by atoms with Crippen molar-refractivity contribution in [1.82, 2.24) is 0 Å². The predicted molar refractivity (Wildman–Crippen MR) is 17.9 cm³/mol. The average molecular weight is 240 g/mol. The summed E-state index contributed by atoms with van der Waals surface area (Å²) in [5.41, 5.74) is 0. The summed E-state index contributed by atoms with van der Waals surface area (Å²) in [6, 6.07) is 0. The zero-order valence-electron chi connectivity index (χ0n) is 3.01. The summed E-state index contributed by atoms with van der Waals surface area (Å²) in [7, 11) is -3.63. The maximum atomic E-state index is 8.52. The minimum Gasteiger partial charge on any atom is -0.672 e. The zero-order chi connectivity index (χ0) is 3.58. The number of hydrogen-bond acceptors (Lipinski definition) is 3. The molecule has 0 aromatic rings. The Hall–Kier alpha value is 1.72. The quantitative estimate of drug-likeness (QED) is 0.410. The largest absolute Gasteiger partial charge is 3.00 e. The van der Waals surface area contributed by atoms with Gasteiger partial charge < -0.3 is 14.1 Å². The molecule has 0 aromatic carbocycles. The van der Waals surface area contributed by atoms with Crippen molar-refractivity contribution in [3.05, 3.63) is 0 Å². The van der Waals surface area contributed by atoms with Gasteiger partial charge in [-0.3, -0.25) is 0 Å². The molecule has 0 aromatic heterocycles. The van der Waals surface area contributed by atoms with E-state index in [0.717, 1.165) is 0 Å².